The second-order valence-electron chi connectivity index (χ2n) is 5.76. The largest absolute Gasteiger partial charge is 0.493 e. The van der Waals surface area contributed by atoms with Crippen LogP contribution in [0.25, 0.3) is 0 Å². The Morgan fingerprint density at radius 1 is 1.04 bits per heavy atom. The number of fused-ring (bicyclic) bond motifs is 1. The van der Waals surface area contributed by atoms with Crippen molar-refractivity contribution in [1.29, 1.82) is 0 Å². The van der Waals surface area contributed by atoms with E-state index in [-0.39, 0.29) is 27.9 Å². The minimum atomic E-state index is -4.14. The maximum atomic E-state index is 12.6. The SMILES string of the molecule is COC(=O)c1ccc(OS(=O)(=O)c2ccc3c(c2)CCC(=O)N3)c(OC)c1. The molecule has 1 amide bonds. The highest BCUT2D eigenvalue weighted by Crippen LogP contribution is 2.32. The van der Waals surface area contributed by atoms with Crippen LogP contribution in [-0.2, 0) is 26.1 Å². The lowest BCUT2D eigenvalue weighted by Crippen LogP contribution is -2.19. The first-order valence-corrected chi connectivity index (χ1v) is 9.38. The van der Waals surface area contributed by atoms with E-state index >= 15 is 0 Å². The molecular formula is C18H17NO7S. The molecule has 8 nitrogen and oxygen atoms in total. The number of hydrogen-bond donors (Lipinski definition) is 1. The maximum absolute atomic E-state index is 12.6. The average molecular weight is 391 g/mol. The second-order valence-corrected chi connectivity index (χ2v) is 7.31. The van der Waals surface area contributed by atoms with E-state index in [1.807, 2.05) is 0 Å². The molecule has 0 atom stereocenters. The summed E-state index contributed by atoms with van der Waals surface area (Å²) in [4.78, 5) is 23.0. The van der Waals surface area contributed by atoms with E-state index in [2.05, 4.69) is 10.1 Å². The number of methoxy groups -OCH3 is 2. The first kappa shape index (κ1) is 18.7. The normalized spacial score (nSPS) is 13.3. The molecule has 1 heterocycles. The van der Waals surface area contributed by atoms with Crippen LogP contribution in [0.15, 0.2) is 41.3 Å². The van der Waals surface area contributed by atoms with Gasteiger partial charge < -0.3 is 19.0 Å². The lowest BCUT2D eigenvalue weighted by atomic mass is 10.0. The van der Waals surface area contributed by atoms with Crippen LogP contribution < -0.4 is 14.2 Å². The Morgan fingerprint density at radius 3 is 2.52 bits per heavy atom. The zero-order valence-corrected chi connectivity index (χ0v) is 15.5. The lowest BCUT2D eigenvalue weighted by molar-refractivity contribution is -0.116. The van der Waals surface area contributed by atoms with E-state index in [0.29, 0.717) is 24.1 Å². The molecule has 0 radical (unpaired) electrons. The van der Waals surface area contributed by atoms with Crippen molar-refractivity contribution in [2.45, 2.75) is 17.7 Å². The third kappa shape index (κ3) is 3.87. The molecule has 0 saturated carbocycles. The van der Waals surface area contributed by atoms with Gasteiger partial charge in [-0.05, 0) is 48.4 Å². The topological polar surface area (TPSA) is 108 Å². The molecule has 0 aliphatic carbocycles. The van der Waals surface area contributed by atoms with Crippen molar-refractivity contribution < 1.29 is 31.7 Å². The number of benzene rings is 2. The zero-order valence-electron chi connectivity index (χ0n) is 14.6. The van der Waals surface area contributed by atoms with Crippen molar-refractivity contribution >= 4 is 27.7 Å². The van der Waals surface area contributed by atoms with E-state index in [9.17, 15) is 18.0 Å². The summed E-state index contributed by atoms with van der Waals surface area (Å²) in [5.41, 5.74) is 1.50. The molecule has 1 aliphatic rings. The molecule has 9 heteroatoms. The van der Waals surface area contributed by atoms with E-state index in [0.717, 1.165) is 0 Å². The fourth-order valence-corrected chi connectivity index (χ4v) is 3.65. The van der Waals surface area contributed by atoms with Gasteiger partial charge >= 0.3 is 16.1 Å². The van der Waals surface area contributed by atoms with E-state index in [1.165, 1.54) is 50.6 Å². The summed E-state index contributed by atoms with van der Waals surface area (Å²) in [5, 5.41) is 2.69. The van der Waals surface area contributed by atoms with Gasteiger partial charge in [0.15, 0.2) is 11.5 Å². The predicted octanol–water partition coefficient (Wildman–Crippen LogP) is 2.13. The Hall–Kier alpha value is -3.07. The molecule has 142 valence electrons. The molecule has 27 heavy (non-hydrogen) atoms. The summed E-state index contributed by atoms with van der Waals surface area (Å²) >= 11 is 0. The van der Waals surface area contributed by atoms with Crippen LogP contribution in [-0.4, -0.2) is 34.5 Å². The van der Waals surface area contributed by atoms with Crippen LogP contribution in [0.3, 0.4) is 0 Å². The number of hydrogen-bond acceptors (Lipinski definition) is 7. The van der Waals surface area contributed by atoms with Gasteiger partial charge in [-0.2, -0.15) is 8.42 Å². The summed E-state index contributed by atoms with van der Waals surface area (Å²) < 4.78 is 40.2. The highest BCUT2D eigenvalue weighted by atomic mass is 32.2. The molecule has 0 spiro atoms. The van der Waals surface area contributed by atoms with Crippen molar-refractivity contribution in [2.24, 2.45) is 0 Å². The zero-order chi connectivity index (χ0) is 19.6. The lowest BCUT2D eigenvalue weighted by Gasteiger charge is -2.18. The highest BCUT2D eigenvalue weighted by Gasteiger charge is 2.23. The molecule has 2 aromatic carbocycles. The number of anilines is 1. The quantitative estimate of drug-likeness (QED) is 0.614. The molecule has 0 bridgehead atoms. The number of carbonyl (C=O) groups excluding carboxylic acids is 2. The fraction of sp³-hybridized carbons (Fsp3) is 0.222. The number of aryl methyl sites for hydroxylation is 1. The Bertz CT molecular complexity index is 1010. The number of nitrogens with one attached hydrogen (secondary N) is 1. The van der Waals surface area contributed by atoms with Crippen LogP contribution in [0, 0.1) is 0 Å². The van der Waals surface area contributed by atoms with Gasteiger partial charge in [-0.1, -0.05) is 0 Å². The number of esters is 1. The van der Waals surface area contributed by atoms with Crippen molar-refractivity contribution in [2.75, 3.05) is 19.5 Å². The van der Waals surface area contributed by atoms with Crippen LogP contribution in [0.1, 0.15) is 22.3 Å². The van der Waals surface area contributed by atoms with E-state index in [1.54, 1.807) is 0 Å². The van der Waals surface area contributed by atoms with Gasteiger partial charge in [0.2, 0.25) is 5.91 Å². The van der Waals surface area contributed by atoms with Crippen molar-refractivity contribution in [3.63, 3.8) is 0 Å². The Labute approximate surface area is 156 Å². The van der Waals surface area contributed by atoms with E-state index in [4.69, 9.17) is 8.92 Å². The van der Waals surface area contributed by atoms with Crippen molar-refractivity contribution in [3.05, 3.63) is 47.5 Å². The first-order chi connectivity index (χ1) is 12.8. The van der Waals surface area contributed by atoms with Crippen LogP contribution in [0.5, 0.6) is 11.5 Å². The maximum Gasteiger partial charge on any atom is 0.339 e. The molecule has 3 rings (SSSR count). The van der Waals surface area contributed by atoms with Crippen molar-refractivity contribution in [3.8, 4) is 11.5 Å². The molecule has 0 fully saturated rings. The van der Waals surface area contributed by atoms with Crippen LogP contribution >= 0.6 is 0 Å². The summed E-state index contributed by atoms with van der Waals surface area (Å²) in [7, 11) is -1.57. The first-order valence-electron chi connectivity index (χ1n) is 7.97. The number of amides is 1. The predicted molar refractivity (Wildman–Crippen MR) is 95.5 cm³/mol. The van der Waals surface area contributed by atoms with Crippen LogP contribution in [0.4, 0.5) is 5.69 Å². The monoisotopic (exact) mass is 391 g/mol. The summed E-state index contributed by atoms with van der Waals surface area (Å²) in [6.45, 7) is 0. The Morgan fingerprint density at radius 2 is 1.81 bits per heavy atom. The Kier molecular flexibility index (Phi) is 5.04. The van der Waals surface area contributed by atoms with Gasteiger partial charge in [-0.15, -0.1) is 0 Å². The molecule has 1 aliphatic heterocycles. The van der Waals surface area contributed by atoms with Crippen LogP contribution in [0.2, 0.25) is 0 Å². The summed E-state index contributed by atoms with van der Waals surface area (Å²) in [6, 6.07) is 8.39. The fourth-order valence-electron chi connectivity index (χ4n) is 2.66. The number of rotatable bonds is 5. The highest BCUT2D eigenvalue weighted by molar-refractivity contribution is 7.87. The third-order valence-electron chi connectivity index (χ3n) is 4.05. The molecule has 0 saturated heterocycles. The van der Waals surface area contributed by atoms with Gasteiger partial charge in [-0.25, -0.2) is 4.79 Å². The number of ether oxygens (including phenoxy) is 2. The average Bonchev–Trinajstić information content (AvgIpc) is 2.66. The minimum Gasteiger partial charge on any atom is -0.493 e. The molecule has 1 N–H and O–H groups in total. The smallest absolute Gasteiger partial charge is 0.339 e. The van der Waals surface area contributed by atoms with Crippen molar-refractivity contribution in [1.82, 2.24) is 0 Å². The molecule has 2 aromatic rings. The van der Waals surface area contributed by atoms with Gasteiger partial charge in [0.05, 0.1) is 19.8 Å². The Balaban J connectivity index is 1.91. The van der Waals surface area contributed by atoms with E-state index < -0.39 is 16.1 Å². The third-order valence-corrected chi connectivity index (χ3v) is 5.28. The summed E-state index contributed by atoms with van der Waals surface area (Å²) in [6.07, 6.45) is 0.738. The standard InChI is InChI=1S/C18H17NO7S/c1-24-16-10-12(18(21)25-2)3-7-15(16)26-27(22,23)13-5-6-14-11(9-13)4-8-17(20)19-14/h3,5-7,9-10H,4,8H2,1-2H3,(H,19,20). The minimum absolute atomic E-state index is 0.0449. The molecule has 0 unspecified atom stereocenters. The van der Waals surface area contributed by atoms with Gasteiger partial charge in [0.25, 0.3) is 0 Å². The van der Waals surface area contributed by atoms with Gasteiger partial charge in [-0.3, -0.25) is 4.79 Å². The molecule has 0 aromatic heterocycles. The second kappa shape index (κ2) is 7.28. The molecular weight excluding hydrogens is 374 g/mol. The van der Waals surface area contributed by atoms with Gasteiger partial charge in [0, 0.05) is 12.1 Å². The number of carbonyl (C=O) groups is 2. The summed E-state index contributed by atoms with van der Waals surface area (Å²) in [5.74, 6) is -0.674. The van der Waals surface area contributed by atoms with Gasteiger partial charge in [0.1, 0.15) is 4.90 Å².